The van der Waals surface area contributed by atoms with Crippen molar-refractivity contribution in [2.75, 3.05) is 50.4 Å². The van der Waals surface area contributed by atoms with Gasteiger partial charge in [0.15, 0.2) is 11.5 Å². The predicted octanol–water partition coefficient (Wildman–Crippen LogP) is 5.96. The summed E-state index contributed by atoms with van der Waals surface area (Å²) in [7, 11) is 4.68. The Balaban J connectivity index is 1.32. The molecular weight excluding hydrogens is 572 g/mol. The number of carbonyl (C=O) groups is 2. The Labute approximate surface area is 263 Å². The van der Waals surface area contributed by atoms with E-state index < -0.39 is 6.09 Å². The number of hydrogen-bond donors (Lipinski definition) is 2. The molecule has 0 aliphatic carbocycles. The largest absolute Gasteiger partial charge is 0.493 e. The highest BCUT2D eigenvalue weighted by molar-refractivity contribution is 6.05. The van der Waals surface area contributed by atoms with Crippen LogP contribution in [0.4, 0.5) is 21.9 Å². The Bertz CT molecular complexity index is 1590. The fraction of sp³-hybridized carbons (Fsp3) is 0.257. The quantitative estimate of drug-likeness (QED) is 0.200. The number of nitrogens with one attached hydrogen (secondary N) is 1. The first-order valence-electron chi connectivity index (χ1n) is 14.7. The lowest BCUT2D eigenvalue weighted by molar-refractivity contribution is 0.0802. The third-order valence-corrected chi connectivity index (χ3v) is 7.82. The Morgan fingerprint density at radius 1 is 0.867 bits per heavy atom. The number of nitrogen functional groups attached to an aromatic ring is 1. The molecule has 1 atom stereocenters. The van der Waals surface area contributed by atoms with Crippen LogP contribution in [0.1, 0.15) is 27.9 Å². The maximum Gasteiger partial charge on any atom is 0.410 e. The van der Waals surface area contributed by atoms with E-state index in [1.165, 1.54) is 0 Å². The molecule has 0 unspecified atom stereocenters. The highest BCUT2D eigenvalue weighted by atomic mass is 16.6. The summed E-state index contributed by atoms with van der Waals surface area (Å²) in [5.74, 6) is 1.27. The topological polar surface area (TPSA) is 116 Å². The van der Waals surface area contributed by atoms with E-state index in [9.17, 15) is 9.59 Å². The molecule has 45 heavy (non-hydrogen) atoms. The molecule has 10 heteroatoms. The van der Waals surface area contributed by atoms with E-state index in [-0.39, 0.29) is 25.1 Å². The number of rotatable bonds is 11. The molecule has 0 aromatic heterocycles. The normalized spacial score (nSPS) is 14.0. The third-order valence-electron chi connectivity index (χ3n) is 7.82. The van der Waals surface area contributed by atoms with Gasteiger partial charge in [0.05, 0.1) is 38.7 Å². The van der Waals surface area contributed by atoms with E-state index in [1.807, 2.05) is 66.7 Å². The molecule has 0 saturated carbocycles. The number of ether oxygens (including phenoxy) is 4. The van der Waals surface area contributed by atoms with Crippen LogP contribution in [0.5, 0.6) is 17.2 Å². The van der Waals surface area contributed by atoms with Crippen molar-refractivity contribution in [1.29, 1.82) is 0 Å². The maximum atomic E-state index is 13.6. The second-order valence-corrected chi connectivity index (χ2v) is 10.7. The minimum absolute atomic E-state index is 0.128. The van der Waals surface area contributed by atoms with Gasteiger partial charge in [0, 0.05) is 30.9 Å². The number of benzene rings is 4. The number of hydrogen-bond acceptors (Lipinski definition) is 8. The van der Waals surface area contributed by atoms with Crippen LogP contribution in [0.25, 0.3) is 0 Å². The first kappa shape index (κ1) is 31.1. The molecular formula is C35H38N4O6. The number of methoxy groups -OCH3 is 3. The summed E-state index contributed by atoms with van der Waals surface area (Å²) in [6.45, 7) is 1.77. The molecule has 1 aliphatic rings. The molecule has 1 aliphatic heterocycles. The van der Waals surface area contributed by atoms with Crippen LogP contribution in [0.3, 0.4) is 0 Å². The van der Waals surface area contributed by atoms with Gasteiger partial charge in [-0.25, -0.2) is 4.79 Å². The molecule has 1 saturated heterocycles. The van der Waals surface area contributed by atoms with Crippen molar-refractivity contribution in [3.05, 3.63) is 108 Å². The molecule has 0 spiro atoms. The van der Waals surface area contributed by atoms with E-state index >= 15 is 0 Å². The van der Waals surface area contributed by atoms with Gasteiger partial charge in [-0.15, -0.1) is 0 Å². The van der Waals surface area contributed by atoms with Crippen LogP contribution >= 0.6 is 0 Å². The molecule has 234 valence electrons. The number of nitrogens with zero attached hydrogens (tertiary/aromatic N) is 2. The summed E-state index contributed by atoms with van der Waals surface area (Å²) < 4.78 is 22.4. The minimum atomic E-state index is -0.411. The monoisotopic (exact) mass is 610 g/mol. The van der Waals surface area contributed by atoms with Gasteiger partial charge in [0.1, 0.15) is 6.61 Å². The zero-order chi connectivity index (χ0) is 31.8. The molecule has 2 amide bonds. The number of amides is 2. The molecule has 10 nitrogen and oxygen atoms in total. The molecule has 1 heterocycles. The van der Waals surface area contributed by atoms with E-state index in [0.29, 0.717) is 40.7 Å². The van der Waals surface area contributed by atoms with Gasteiger partial charge >= 0.3 is 6.09 Å². The van der Waals surface area contributed by atoms with Gasteiger partial charge in [-0.1, -0.05) is 42.5 Å². The molecule has 0 radical (unpaired) electrons. The summed E-state index contributed by atoms with van der Waals surface area (Å²) >= 11 is 0. The van der Waals surface area contributed by atoms with Gasteiger partial charge in [0.2, 0.25) is 5.75 Å². The fourth-order valence-electron chi connectivity index (χ4n) is 5.43. The van der Waals surface area contributed by atoms with Crippen molar-refractivity contribution < 1.29 is 28.5 Å². The average molecular weight is 611 g/mol. The molecule has 3 N–H and O–H groups in total. The van der Waals surface area contributed by atoms with E-state index in [4.69, 9.17) is 24.7 Å². The number of carbonyl (C=O) groups excluding carboxylic acids is 2. The van der Waals surface area contributed by atoms with Crippen LogP contribution < -0.4 is 30.2 Å². The Morgan fingerprint density at radius 2 is 1.53 bits per heavy atom. The van der Waals surface area contributed by atoms with Crippen LogP contribution in [0, 0.1) is 0 Å². The SMILES string of the molecule is COc1cc(CN(C(=O)OCc2ccccc2)[C@H]2CCN(c3ccc(C(=O)Nc4ccccc4N)cc3)C2)cc(OC)c1OC. The fourth-order valence-corrected chi connectivity index (χ4v) is 5.43. The first-order chi connectivity index (χ1) is 21.9. The van der Waals surface area contributed by atoms with Gasteiger partial charge in [-0.05, 0) is 66.1 Å². The Hall–Kier alpha value is -5.38. The van der Waals surface area contributed by atoms with Crippen LogP contribution in [0.15, 0.2) is 91.0 Å². The van der Waals surface area contributed by atoms with Crippen molar-refractivity contribution in [2.45, 2.75) is 25.6 Å². The predicted molar refractivity (Wildman–Crippen MR) is 174 cm³/mol. The molecule has 1 fully saturated rings. The third kappa shape index (κ3) is 7.41. The van der Waals surface area contributed by atoms with Crippen molar-refractivity contribution >= 4 is 29.1 Å². The second kappa shape index (κ2) is 14.4. The second-order valence-electron chi connectivity index (χ2n) is 10.7. The molecule has 4 aromatic rings. The number of para-hydroxylation sites is 2. The lowest BCUT2D eigenvalue weighted by atomic mass is 10.1. The van der Waals surface area contributed by atoms with Gasteiger partial charge in [-0.2, -0.15) is 0 Å². The van der Waals surface area contributed by atoms with E-state index in [2.05, 4.69) is 10.2 Å². The van der Waals surface area contributed by atoms with Gasteiger partial charge in [0.25, 0.3) is 5.91 Å². The summed E-state index contributed by atoms with van der Waals surface area (Å²) in [5.41, 5.74) is 10.2. The highest BCUT2D eigenvalue weighted by Crippen LogP contribution is 2.39. The molecule has 0 bridgehead atoms. The zero-order valence-electron chi connectivity index (χ0n) is 25.7. The summed E-state index contributed by atoms with van der Waals surface area (Å²) in [5, 5.41) is 2.86. The van der Waals surface area contributed by atoms with Crippen molar-refractivity contribution in [2.24, 2.45) is 0 Å². The lowest BCUT2D eigenvalue weighted by Gasteiger charge is -2.29. The van der Waals surface area contributed by atoms with Crippen LogP contribution in [0.2, 0.25) is 0 Å². The average Bonchev–Trinajstić information content (AvgIpc) is 3.57. The maximum absolute atomic E-state index is 13.6. The smallest absolute Gasteiger partial charge is 0.410 e. The number of anilines is 3. The Morgan fingerprint density at radius 3 is 2.18 bits per heavy atom. The number of nitrogens with two attached hydrogens (primary N) is 1. The minimum Gasteiger partial charge on any atom is -0.493 e. The lowest BCUT2D eigenvalue weighted by Crippen LogP contribution is -2.41. The van der Waals surface area contributed by atoms with Crippen LogP contribution in [-0.2, 0) is 17.9 Å². The molecule has 5 rings (SSSR count). The Kier molecular flexibility index (Phi) is 9.93. The van der Waals surface area contributed by atoms with Crippen LogP contribution in [-0.4, -0.2) is 57.4 Å². The summed E-state index contributed by atoms with van der Waals surface area (Å²) in [6.07, 6.45) is 0.326. The van der Waals surface area contributed by atoms with Crippen molar-refractivity contribution in [3.8, 4) is 17.2 Å². The van der Waals surface area contributed by atoms with E-state index in [1.54, 1.807) is 50.5 Å². The van der Waals surface area contributed by atoms with Gasteiger partial charge < -0.3 is 34.9 Å². The first-order valence-corrected chi connectivity index (χ1v) is 14.7. The van der Waals surface area contributed by atoms with Crippen molar-refractivity contribution in [3.63, 3.8) is 0 Å². The summed E-state index contributed by atoms with van der Waals surface area (Å²) in [6, 6.07) is 27.7. The standard InChI is InChI=1S/C35H38N4O6/c1-42-31-19-25(20-32(43-2)33(31)44-3)21-39(35(41)45-23-24-9-5-4-6-10-24)28-17-18-38(22-28)27-15-13-26(14-16-27)34(40)37-30-12-8-7-11-29(30)36/h4-16,19-20,28H,17-18,21-23,36H2,1-3H3,(H,37,40)/t28-/m0/s1. The van der Waals surface area contributed by atoms with Gasteiger partial charge in [-0.3, -0.25) is 9.69 Å². The van der Waals surface area contributed by atoms with E-state index in [0.717, 1.165) is 29.8 Å². The van der Waals surface area contributed by atoms with Crippen molar-refractivity contribution in [1.82, 2.24) is 4.90 Å². The highest BCUT2D eigenvalue weighted by Gasteiger charge is 2.32. The zero-order valence-corrected chi connectivity index (χ0v) is 25.7. The summed E-state index contributed by atoms with van der Waals surface area (Å²) in [4.78, 5) is 30.4. The molecule has 4 aromatic carbocycles.